The first-order valence-electron chi connectivity index (χ1n) is 6.38. The van der Waals surface area contributed by atoms with Crippen molar-refractivity contribution in [3.8, 4) is 0 Å². The predicted molar refractivity (Wildman–Crippen MR) is 66.6 cm³/mol. The van der Waals surface area contributed by atoms with Crippen LogP contribution in [0.3, 0.4) is 0 Å². The van der Waals surface area contributed by atoms with Crippen LogP contribution >= 0.6 is 0 Å². The first kappa shape index (κ1) is 13.7. The monoisotopic (exact) mass is 227 g/mol. The van der Waals surface area contributed by atoms with Crippen molar-refractivity contribution in [2.24, 2.45) is 5.92 Å². The van der Waals surface area contributed by atoms with Gasteiger partial charge in [0.1, 0.15) is 0 Å². The summed E-state index contributed by atoms with van der Waals surface area (Å²) in [4.78, 5) is 0. The Morgan fingerprint density at radius 3 is 3.06 bits per heavy atom. The normalized spacial score (nSPS) is 22.2. The van der Waals surface area contributed by atoms with E-state index in [-0.39, 0.29) is 0 Å². The third-order valence-corrected chi connectivity index (χ3v) is 3.09. The van der Waals surface area contributed by atoms with Crippen LogP contribution in [-0.2, 0) is 9.47 Å². The van der Waals surface area contributed by atoms with Gasteiger partial charge in [0.2, 0.25) is 0 Å². The molecule has 0 aromatic heterocycles. The number of rotatable bonds is 9. The molecule has 1 saturated heterocycles. The summed E-state index contributed by atoms with van der Waals surface area (Å²) < 4.78 is 10.9. The van der Waals surface area contributed by atoms with Gasteiger partial charge in [-0.25, -0.2) is 0 Å². The van der Waals surface area contributed by atoms with E-state index in [1.54, 1.807) is 0 Å². The van der Waals surface area contributed by atoms with E-state index in [1.165, 1.54) is 12.8 Å². The molecule has 0 aromatic rings. The molecule has 0 radical (unpaired) electrons. The molecule has 2 atom stereocenters. The summed E-state index contributed by atoms with van der Waals surface area (Å²) in [6.45, 7) is 10.3. The summed E-state index contributed by atoms with van der Waals surface area (Å²) in [5.74, 6) is 0.693. The fraction of sp³-hybridized carbons (Fsp3) is 0.846. The van der Waals surface area contributed by atoms with Crippen molar-refractivity contribution in [2.45, 2.75) is 32.2 Å². The molecule has 3 heteroatoms. The van der Waals surface area contributed by atoms with E-state index in [0.29, 0.717) is 12.0 Å². The molecular formula is C13H25NO2. The highest BCUT2D eigenvalue weighted by molar-refractivity contribution is 4.78. The molecule has 0 amide bonds. The molecule has 1 rings (SSSR count). The molecule has 0 spiro atoms. The Bertz CT molecular complexity index is 179. The van der Waals surface area contributed by atoms with E-state index < -0.39 is 0 Å². The standard InChI is InChI=1S/C13H25NO2/c1-3-5-8-15-10-7-14-13(4-2)12-6-9-16-11-12/h3,12-14H,1,4-11H2,2H3. The van der Waals surface area contributed by atoms with E-state index in [1.807, 2.05) is 6.08 Å². The van der Waals surface area contributed by atoms with Crippen LogP contribution in [-0.4, -0.2) is 39.0 Å². The number of nitrogens with one attached hydrogen (secondary N) is 1. The van der Waals surface area contributed by atoms with E-state index in [2.05, 4.69) is 18.8 Å². The number of ether oxygens (including phenoxy) is 2. The Balaban J connectivity index is 2.02. The lowest BCUT2D eigenvalue weighted by atomic mass is 9.97. The van der Waals surface area contributed by atoms with Crippen LogP contribution in [0.1, 0.15) is 26.2 Å². The van der Waals surface area contributed by atoms with Crippen molar-refractivity contribution in [1.29, 1.82) is 0 Å². The molecule has 3 nitrogen and oxygen atoms in total. The maximum atomic E-state index is 5.47. The lowest BCUT2D eigenvalue weighted by Crippen LogP contribution is -2.38. The zero-order chi connectivity index (χ0) is 11.6. The minimum absolute atomic E-state index is 0.588. The molecule has 0 aromatic carbocycles. The van der Waals surface area contributed by atoms with E-state index in [9.17, 15) is 0 Å². The molecular weight excluding hydrogens is 202 g/mol. The van der Waals surface area contributed by atoms with Gasteiger partial charge in [-0.1, -0.05) is 13.0 Å². The lowest BCUT2D eigenvalue weighted by Gasteiger charge is -2.22. The average molecular weight is 227 g/mol. The average Bonchev–Trinajstić information content (AvgIpc) is 2.82. The molecule has 1 aliphatic heterocycles. The predicted octanol–water partition coefficient (Wildman–Crippen LogP) is 1.98. The van der Waals surface area contributed by atoms with Crippen LogP contribution in [0, 0.1) is 5.92 Å². The van der Waals surface area contributed by atoms with Crippen LogP contribution < -0.4 is 5.32 Å². The highest BCUT2D eigenvalue weighted by atomic mass is 16.5. The smallest absolute Gasteiger partial charge is 0.0591 e. The molecule has 1 fully saturated rings. The fourth-order valence-corrected chi connectivity index (χ4v) is 2.10. The molecule has 0 bridgehead atoms. The topological polar surface area (TPSA) is 30.5 Å². The minimum Gasteiger partial charge on any atom is -0.381 e. The molecule has 1 aliphatic rings. The summed E-state index contributed by atoms with van der Waals surface area (Å²) in [6.07, 6.45) is 5.19. The summed E-state index contributed by atoms with van der Waals surface area (Å²) in [5, 5.41) is 3.56. The maximum Gasteiger partial charge on any atom is 0.0591 e. The van der Waals surface area contributed by atoms with Crippen molar-refractivity contribution >= 4 is 0 Å². The first-order chi connectivity index (χ1) is 7.88. The Morgan fingerprint density at radius 1 is 1.56 bits per heavy atom. The van der Waals surface area contributed by atoms with Crippen molar-refractivity contribution in [2.75, 3.05) is 33.0 Å². The molecule has 2 unspecified atom stereocenters. The van der Waals surface area contributed by atoms with Gasteiger partial charge in [0.15, 0.2) is 0 Å². The summed E-state index contributed by atoms with van der Waals surface area (Å²) >= 11 is 0. The second-order valence-electron chi connectivity index (χ2n) is 4.28. The van der Waals surface area contributed by atoms with Gasteiger partial charge in [-0.15, -0.1) is 6.58 Å². The minimum atomic E-state index is 0.588. The molecule has 94 valence electrons. The van der Waals surface area contributed by atoms with Gasteiger partial charge in [-0.2, -0.15) is 0 Å². The van der Waals surface area contributed by atoms with Crippen LogP contribution in [0.5, 0.6) is 0 Å². The van der Waals surface area contributed by atoms with Crippen molar-refractivity contribution in [3.63, 3.8) is 0 Å². The maximum absolute atomic E-state index is 5.47. The largest absolute Gasteiger partial charge is 0.381 e. The molecule has 0 aliphatic carbocycles. The van der Waals surface area contributed by atoms with Gasteiger partial charge in [0, 0.05) is 19.2 Å². The van der Waals surface area contributed by atoms with Gasteiger partial charge >= 0.3 is 0 Å². The second kappa shape index (κ2) is 8.74. The van der Waals surface area contributed by atoms with Gasteiger partial charge in [-0.3, -0.25) is 0 Å². The van der Waals surface area contributed by atoms with Crippen LogP contribution in [0.4, 0.5) is 0 Å². The van der Waals surface area contributed by atoms with Crippen molar-refractivity contribution in [1.82, 2.24) is 5.32 Å². The van der Waals surface area contributed by atoms with E-state index >= 15 is 0 Å². The highest BCUT2D eigenvalue weighted by Gasteiger charge is 2.23. The van der Waals surface area contributed by atoms with Crippen molar-refractivity contribution < 1.29 is 9.47 Å². The van der Waals surface area contributed by atoms with Gasteiger partial charge in [0.05, 0.1) is 19.8 Å². The van der Waals surface area contributed by atoms with Gasteiger partial charge in [0.25, 0.3) is 0 Å². The second-order valence-corrected chi connectivity index (χ2v) is 4.28. The first-order valence-corrected chi connectivity index (χ1v) is 6.38. The fourth-order valence-electron chi connectivity index (χ4n) is 2.10. The molecule has 1 N–H and O–H groups in total. The Morgan fingerprint density at radius 2 is 2.44 bits per heavy atom. The van der Waals surface area contributed by atoms with Crippen molar-refractivity contribution in [3.05, 3.63) is 12.7 Å². The van der Waals surface area contributed by atoms with Crippen LogP contribution in [0.25, 0.3) is 0 Å². The summed E-state index contributed by atoms with van der Waals surface area (Å²) in [6, 6.07) is 0.588. The molecule has 0 saturated carbocycles. The lowest BCUT2D eigenvalue weighted by molar-refractivity contribution is 0.132. The Labute approximate surface area is 99.2 Å². The third kappa shape index (κ3) is 5.10. The van der Waals surface area contributed by atoms with Crippen LogP contribution in [0.2, 0.25) is 0 Å². The quantitative estimate of drug-likeness (QED) is 0.482. The Kier molecular flexibility index (Phi) is 7.47. The molecule has 1 heterocycles. The molecule has 16 heavy (non-hydrogen) atoms. The van der Waals surface area contributed by atoms with Gasteiger partial charge in [-0.05, 0) is 25.2 Å². The zero-order valence-corrected chi connectivity index (χ0v) is 10.4. The SMILES string of the molecule is C=CCCOCCNC(CC)C1CCOC1. The zero-order valence-electron chi connectivity index (χ0n) is 10.4. The van der Waals surface area contributed by atoms with Crippen LogP contribution in [0.15, 0.2) is 12.7 Å². The summed E-state index contributed by atoms with van der Waals surface area (Å²) in [5.41, 5.74) is 0. The third-order valence-electron chi connectivity index (χ3n) is 3.09. The van der Waals surface area contributed by atoms with E-state index in [4.69, 9.17) is 9.47 Å². The highest BCUT2D eigenvalue weighted by Crippen LogP contribution is 2.18. The summed E-state index contributed by atoms with van der Waals surface area (Å²) in [7, 11) is 0. The Hall–Kier alpha value is -0.380. The van der Waals surface area contributed by atoms with E-state index in [0.717, 1.165) is 39.4 Å². The number of hydrogen-bond acceptors (Lipinski definition) is 3. The number of hydrogen-bond donors (Lipinski definition) is 1. The van der Waals surface area contributed by atoms with Gasteiger partial charge < -0.3 is 14.8 Å².